The number of hydrogen-bond acceptors (Lipinski definition) is 4. The lowest BCUT2D eigenvalue weighted by Crippen LogP contribution is -2.26. The normalized spacial score (nSPS) is 11.7. The van der Waals surface area contributed by atoms with Gasteiger partial charge in [0.15, 0.2) is 5.58 Å². The Kier molecular flexibility index (Phi) is 4.82. The molecule has 0 spiro atoms. The predicted octanol–water partition coefficient (Wildman–Crippen LogP) is 5.07. The number of amides is 1. The number of nitrogens with one attached hydrogen (secondary N) is 1. The first-order valence-electron chi connectivity index (χ1n) is 7.39. The average Bonchev–Trinajstić information content (AvgIpc) is 2.98. The Morgan fingerprint density at radius 1 is 1.24 bits per heavy atom. The summed E-state index contributed by atoms with van der Waals surface area (Å²) in [5.74, 6) is -0.626. The number of aryl methyl sites for hydroxylation is 1. The molecule has 0 aliphatic heterocycles. The molecule has 2 N–H and O–H groups in total. The molecule has 8 heteroatoms. The first-order chi connectivity index (χ1) is 11.8. The molecule has 0 unspecified atom stereocenters. The molecule has 1 amide bonds. The lowest BCUT2D eigenvalue weighted by molar-refractivity contribution is -0.115. The van der Waals surface area contributed by atoms with Crippen LogP contribution in [0.2, 0.25) is 0 Å². The van der Waals surface area contributed by atoms with Gasteiger partial charge in [0, 0.05) is 5.69 Å². The van der Waals surface area contributed by atoms with Crippen molar-refractivity contribution >= 4 is 57.5 Å². The zero-order chi connectivity index (χ0) is 18.2. The summed E-state index contributed by atoms with van der Waals surface area (Å²) in [5, 5.41) is 12.6. The van der Waals surface area contributed by atoms with Crippen molar-refractivity contribution in [3.8, 4) is 17.2 Å². The van der Waals surface area contributed by atoms with E-state index in [0.29, 0.717) is 22.4 Å². The molecule has 130 valence electrons. The van der Waals surface area contributed by atoms with Gasteiger partial charge >= 0.3 is 0 Å². The summed E-state index contributed by atoms with van der Waals surface area (Å²) < 4.78 is 3.61. The second kappa shape index (κ2) is 6.75. The van der Waals surface area contributed by atoms with E-state index in [1.54, 1.807) is 0 Å². The number of hydrogen-bond donors (Lipinski definition) is 2. The van der Waals surface area contributed by atoms with Crippen LogP contribution in [-0.4, -0.2) is 19.8 Å². The number of aromatic hydroxyl groups is 1. The summed E-state index contributed by atoms with van der Waals surface area (Å²) in [4.78, 5) is 16.2. The summed E-state index contributed by atoms with van der Waals surface area (Å²) in [5.41, 5.74) is 3.06. The Morgan fingerprint density at radius 2 is 2.00 bits per heavy atom. The van der Waals surface area contributed by atoms with Gasteiger partial charge < -0.3 is 14.8 Å². The van der Waals surface area contributed by atoms with Gasteiger partial charge in [-0.1, -0.05) is 47.8 Å². The fraction of sp³-hybridized carbons (Fsp3) is 0.176. The van der Waals surface area contributed by atoms with Gasteiger partial charge in [-0.05, 0) is 42.3 Å². The number of nitrogens with zero attached hydrogens (tertiary/aromatic N) is 1. The van der Waals surface area contributed by atoms with Gasteiger partial charge in [0.05, 0.1) is 5.56 Å². The van der Waals surface area contributed by atoms with Crippen molar-refractivity contribution < 1.29 is 14.3 Å². The van der Waals surface area contributed by atoms with E-state index in [4.69, 9.17) is 39.2 Å². The first kappa shape index (κ1) is 17.9. The molecule has 0 fully saturated rings. The summed E-state index contributed by atoms with van der Waals surface area (Å²) in [6, 6.07) is 10.1. The number of halogens is 3. The Hall–Kier alpha value is -1.95. The Balaban J connectivity index is 1.99. The molecular weight excluding hydrogens is 387 g/mol. The minimum Gasteiger partial charge on any atom is -0.507 e. The number of alkyl halides is 3. The van der Waals surface area contributed by atoms with E-state index < -0.39 is 9.70 Å². The molecule has 3 aromatic rings. The van der Waals surface area contributed by atoms with Crippen LogP contribution >= 0.6 is 34.8 Å². The van der Waals surface area contributed by atoms with E-state index in [1.807, 2.05) is 25.1 Å². The third-order valence-electron chi connectivity index (χ3n) is 3.60. The quantitative estimate of drug-likeness (QED) is 0.476. The smallest absolute Gasteiger partial charge is 0.276 e. The number of phenols is 1. The lowest BCUT2D eigenvalue weighted by atomic mass is 10.1. The molecule has 0 aliphatic rings. The highest BCUT2D eigenvalue weighted by Crippen LogP contribution is 2.34. The van der Waals surface area contributed by atoms with Crippen LogP contribution in [0.5, 0.6) is 5.75 Å². The molecule has 0 aliphatic carbocycles. The van der Waals surface area contributed by atoms with Crippen LogP contribution in [0.3, 0.4) is 0 Å². The maximum atomic E-state index is 11.8. The molecule has 0 saturated carbocycles. The second-order valence-corrected chi connectivity index (χ2v) is 7.64. The standard InChI is InChI=1S/C17H13Cl3N2O3/c1-2-9-3-6-14-12(7-9)22-15(25-14)11-8-10(4-5-13(11)23)21-16(24)17(18,19)20/h3-8,23H,2H2,1H3,(H,21,24). The van der Waals surface area contributed by atoms with Crippen LogP contribution in [0.1, 0.15) is 12.5 Å². The van der Waals surface area contributed by atoms with Crippen molar-refractivity contribution in [2.24, 2.45) is 0 Å². The summed E-state index contributed by atoms with van der Waals surface area (Å²) in [6.45, 7) is 2.05. The number of oxazole rings is 1. The molecule has 0 atom stereocenters. The topological polar surface area (TPSA) is 75.4 Å². The van der Waals surface area contributed by atoms with E-state index in [2.05, 4.69) is 10.3 Å². The third kappa shape index (κ3) is 3.84. The fourth-order valence-electron chi connectivity index (χ4n) is 2.30. The predicted molar refractivity (Wildman–Crippen MR) is 99.4 cm³/mol. The molecule has 25 heavy (non-hydrogen) atoms. The zero-order valence-electron chi connectivity index (χ0n) is 13.0. The van der Waals surface area contributed by atoms with Crippen LogP contribution in [0.15, 0.2) is 40.8 Å². The Morgan fingerprint density at radius 3 is 2.68 bits per heavy atom. The summed E-state index contributed by atoms with van der Waals surface area (Å²) in [7, 11) is 0. The van der Waals surface area contributed by atoms with E-state index in [9.17, 15) is 9.90 Å². The maximum Gasteiger partial charge on any atom is 0.276 e. The maximum absolute atomic E-state index is 11.8. The van der Waals surface area contributed by atoms with E-state index in [1.165, 1.54) is 18.2 Å². The number of rotatable bonds is 3. The van der Waals surface area contributed by atoms with Gasteiger partial charge in [0.25, 0.3) is 9.70 Å². The second-order valence-electron chi connectivity index (χ2n) is 5.36. The molecule has 3 rings (SSSR count). The highest BCUT2D eigenvalue weighted by atomic mass is 35.6. The van der Waals surface area contributed by atoms with Crippen LogP contribution in [0.4, 0.5) is 5.69 Å². The van der Waals surface area contributed by atoms with Crippen LogP contribution in [0, 0.1) is 0 Å². The Bertz CT molecular complexity index is 948. The fourth-order valence-corrected chi connectivity index (χ4v) is 2.44. The van der Waals surface area contributed by atoms with Gasteiger partial charge in [0.2, 0.25) is 5.89 Å². The zero-order valence-corrected chi connectivity index (χ0v) is 15.3. The number of carbonyl (C=O) groups is 1. The molecule has 0 radical (unpaired) electrons. The van der Waals surface area contributed by atoms with Crippen molar-refractivity contribution in [1.82, 2.24) is 4.98 Å². The minimum absolute atomic E-state index is 0.0471. The van der Waals surface area contributed by atoms with Crippen LogP contribution in [0.25, 0.3) is 22.6 Å². The number of fused-ring (bicyclic) bond motifs is 1. The van der Waals surface area contributed by atoms with Gasteiger partial charge in [0.1, 0.15) is 11.3 Å². The highest BCUT2D eigenvalue weighted by molar-refractivity contribution is 6.76. The molecule has 0 saturated heterocycles. The number of phenolic OH excluding ortho intramolecular Hbond substituents is 1. The number of carbonyl (C=O) groups excluding carboxylic acids is 1. The summed E-state index contributed by atoms with van der Waals surface area (Å²) in [6.07, 6.45) is 0.877. The monoisotopic (exact) mass is 398 g/mol. The summed E-state index contributed by atoms with van der Waals surface area (Å²) >= 11 is 16.6. The SMILES string of the molecule is CCc1ccc2oc(-c3cc(NC(=O)C(Cl)(Cl)Cl)ccc3O)nc2c1. The molecule has 0 bridgehead atoms. The van der Waals surface area contributed by atoms with E-state index in [-0.39, 0.29) is 11.6 Å². The molecule has 1 aromatic heterocycles. The van der Waals surface area contributed by atoms with Crippen molar-refractivity contribution in [3.05, 3.63) is 42.0 Å². The highest BCUT2D eigenvalue weighted by Gasteiger charge is 2.30. The van der Waals surface area contributed by atoms with Crippen LogP contribution in [-0.2, 0) is 11.2 Å². The third-order valence-corrected chi connectivity index (χ3v) is 4.12. The van der Waals surface area contributed by atoms with Gasteiger partial charge in [-0.3, -0.25) is 4.79 Å². The Labute approximate surface area is 158 Å². The molecule has 5 nitrogen and oxygen atoms in total. The first-order valence-corrected chi connectivity index (χ1v) is 8.52. The minimum atomic E-state index is -2.09. The molecule has 1 heterocycles. The molecule has 2 aromatic carbocycles. The van der Waals surface area contributed by atoms with Gasteiger partial charge in [-0.25, -0.2) is 4.98 Å². The van der Waals surface area contributed by atoms with E-state index in [0.717, 1.165) is 12.0 Å². The van der Waals surface area contributed by atoms with Crippen molar-refractivity contribution in [1.29, 1.82) is 0 Å². The van der Waals surface area contributed by atoms with Crippen molar-refractivity contribution in [3.63, 3.8) is 0 Å². The van der Waals surface area contributed by atoms with Crippen molar-refractivity contribution in [2.45, 2.75) is 17.1 Å². The van der Waals surface area contributed by atoms with Crippen molar-refractivity contribution in [2.75, 3.05) is 5.32 Å². The van der Waals surface area contributed by atoms with Gasteiger partial charge in [-0.2, -0.15) is 0 Å². The largest absolute Gasteiger partial charge is 0.507 e. The number of benzene rings is 2. The van der Waals surface area contributed by atoms with Crippen LogP contribution < -0.4 is 5.32 Å². The van der Waals surface area contributed by atoms with Gasteiger partial charge in [-0.15, -0.1) is 0 Å². The number of aromatic nitrogens is 1. The van der Waals surface area contributed by atoms with E-state index >= 15 is 0 Å². The molecular formula is C17H13Cl3N2O3. The number of anilines is 1. The lowest BCUT2D eigenvalue weighted by Gasteiger charge is -2.12. The average molecular weight is 400 g/mol.